The number of hydrogen-bond acceptors (Lipinski definition) is 2. The van der Waals surface area contributed by atoms with Crippen LogP contribution in [-0.4, -0.2) is 26.3 Å². The Morgan fingerprint density at radius 1 is 1.35 bits per heavy atom. The smallest absolute Gasteiger partial charge is 0.207 e. The fraction of sp³-hybridized carbons (Fsp3) is 0.538. The van der Waals surface area contributed by atoms with E-state index in [-0.39, 0.29) is 15.8 Å². The lowest BCUT2D eigenvalue weighted by atomic mass is 10.2. The maximum Gasteiger partial charge on any atom is 0.244 e. The number of sulfonamides is 1. The Bertz CT molecular complexity index is 618. The minimum Gasteiger partial charge on any atom is -0.207 e. The summed E-state index contributed by atoms with van der Waals surface area (Å²) >= 11 is 17.9. The molecule has 1 saturated carbocycles. The van der Waals surface area contributed by atoms with Crippen LogP contribution in [0.2, 0.25) is 10.0 Å². The van der Waals surface area contributed by atoms with Gasteiger partial charge in [0.25, 0.3) is 0 Å². The van der Waals surface area contributed by atoms with Crippen molar-refractivity contribution in [1.82, 2.24) is 4.31 Å². The van der Waals surface area contributed by atoms with Gasteiger partial charge < -0.3 is 0 Å². The van der Waals surface area contributed by atoms with Crippen LogP contribution in [0.1, 0.15) is 18.9 Å². The van der Waals surface area contributed by atoms with Crippen molar-refractivity contribution in [3.63, 3.8) is 0 Å². The molecule has 0 radical (unpaired) electrons. The molecule has 7 heteroatoms. The predicted octanol–water partition coefficient (Wildman–Crippen LogP) is 4.01. The van der Waals surface area contributed by atoms with Gasteiger partial charge >= 0.3 is 0 Å². The van der Waals surface area contributed by atoms with Crippen LogP contribution in [0.3, 0.4) is 0 Å². The molecule has 0 N–H and O–H groups in total. The molecular weight excluding hydrogens is 341 g/mol. The molecule has 0 heterocycles. The van der Waals surface area contributed by atoms with E-state index in [9.17, 15) is 8.42 Å². The lowest BCUT2D eigenvalue weighted by Crippen LogP contribution is -2.29. The number of hydrogen-bond donors (Lipinski definition) is 0. The minimum absolute atomic E-state index is 0.0648. The van der Waals surface area contributed by atoms with E-state index in [2.05, 4.69) is 6.92 Å². The Kier molecular flexibility index (Phi) is 4.92. The Morgan fingerprint density at radius 2 is 1.95 bits per heavy atom. The normalized spacial score (nSPS) is 22.3. The summed E-state index contributed by atoms with van der Waals surface area (Å²) in [6.45, 7) is 2.63. The van der Waals surface area contributed by atoms with E-state index in [1.54, 1.807) is 7.05 Å². The number of benzene rings is 1. The predicted molar refractivity (Wildman–Crippen MR) is 83.1 cm³/mol. The SMILES string of the molecule is CC1CC1CN(C)S(=O)(=O)c1ccc(Cl)c(CCl)c1Cl. The van der Waals surface area contributed by atoms with Crippen molar-refractivity contribution in [1.29, 1.82) is 0 Å². The molecule has 2 atom stereocenters. The molecule has 1 aromatic carbocycles. The van der Waals surface area contributed by atoms with Crippen LogP contribution >= 0.6 is 34.8 Å². The van der Waals surface area contributed by atoms with E-state index in [1.165, 1.54) is 16.4 Å². The molecule has 0 aromatic heterocycles. The summed E-state index contributed by atoms with van der Waals surface area (Å²) in [5, 5.41) is 0.491. The Labute approximate surface area is 134 Å². The third kappa shape index (κ3) is 3.09. The molecule has 0 amide bonds. The molecule has 2 unspecified atom stereocenters. The molecular formula is C13H16Cl3NO2S. The summed E-state index contributed by atoms with van der Waals surface area (Å²) in [5.41, 5.74) is 0.448. The summed E-state index contributed by atoms with van der Waals surface area (Å²) in [7, 11) is -2.04. The minimum atomic E-state index is -3.61. The molecule has 1 aromatic rings. The number of nitrogens with zero attached hydrogens (tertiary/aromatic N) is 1. The fourth-order valence-electron chi connectivity index (χ4n) is 2.15. The van der Waals surface area contributed by atoms with E-state index < -0.39 is 10.0 Å². The largest absolute Gasteiger partial charge is 0.244 e. The van der Waals surface area contributed by atoms with E-state index >= 15 is 0 Å². The van der Waals surface area contributed by atoms with Gasteiger partial charge in [0.1, 0.15) is 4.90 Å². The van der Waals surface area contributed by atoms with Crippen LogP contribution in [0.25, 0.3) is 0 Å². The summed E-state index contributed by atoms with van der Waals surface area (Å²) < 4.78 is 26.5. The molecule has 0 spiro atoms. The standard InChI is InChI=1S/C13H16Cl3NO2S/c1-8-5-9(8)7-17(2)20(18,19)12-4-3-11(15)10(6-14)13(12)16/h3-4,8-9H,5-7H2,1-2H3. The molecule has 1 aliphatic rings. The van der Waals surface area contributed by atoms with Gasteiger partial charge in [0, 0.05) is 24.2 Å². The van der Waals surface area contributed by atoms with Crippen LogP contribution in [0.5, 0.6) is 0 Å². The zero-order chi connectivity index (χ0) is 15.1. The highest BCUT2D eigenvalue weighted by molar-refractivity contribution is 7.89. The molecule has 20 heavy (non-hydrogen) atoms. The maximum atomic E-state index is 12.6. The molecule has 0 bridgehead atoms. The van der Waals surface area contributed by atoms with Gasteiger partial charge in [-0.05, 0) is 30.4 Å². The summed E-state index contributed by atoms with van der Waals surface area (Å²) in [6.07, 6.45) is 1.07. The summed E-state index contributed by atoms with van der Waals surface area (Å²) in [4.78, 5) is 0.0648. The van der Waals surface area contributed by atoms with Gasteiger partial charge in [0.15, 0.2) is 0 Å². The van der Waals surface area contributed by atoms with Gasteiger partial charge in [-0.3, -0.25) is 0 Å². The van der Waals surface area contributed by atoms with Crippen LogP contribution in [-0.2, 0) is 15.9 Å². The molecule has 112 valence electrons. The average Bonchev–Trinajstić information content (AvgIpc) is 3.05. The topological polar surface area (TPSA) is 37.4 Å². The first-order valence-corrected chi connectivity index (χ1v) is 9.01. The second kappa shape index (κ2) is 6.01. The highest BCUT2D eigenvalue weighted by atomic mass is 35.5. The summed E-state index contributed by atoms with van der Waals surface area (Å²) in [5.74, 6) is 1.10. The third-order valence-corrected chi connectivity index (χ3v) is 6.77. The van der Waals surface area contributed by atoms with E-state index in [4.69, 9.17) is 34.8 Å². The van der Waals surface area contributed by atoms with Gasteiger partial charge in [-0.1, -0.05) is 30.1 Å². The van der Waals surface area contributed by atoms with Crippen molar-refractivity contribution in [2.24, 2.45) is 11.8 Å². The van der Waals surface area contributed by atoms with Gasteiger partial charge in [0.2, 0.25) is 10.0 Å². The first kappa shape index (κ1) is 16.4. The molecule has 2 rings (SSSR count). The maximum absolute atomic E-state index is 12.6. The second-order valence-electron chi connectivity index (χ2n) is 5.23. The molecule has 3 nitrogen and oxygen atoms in total. The van der Waals surface area contributed by atoms with Crippen molar-refractivity contribution < 1.29 is 8.42 Å². The van der Waals surface area contributed by atoms with Crippen LogP contribution in [0.15, 0.2) is 17.0 Å². The van der Waals surface area contributed by atoms with Crippen molar-refractivity contribution in [2.45, 2.75) is 24.1 Å². The molecule has 1 aliphatic carbocycles. The fourth-order valence-corrected chi connectivity index (χ4v) is 4.67. The van der Waals surface area contributed by atoms with Crippen LogP contribution < -0.4 is 0 Å². The van der Waals surface area contributed by atoms with E-state index in [1.807, 2.05) is 0 Å². The third-order valence-electron chi connectivity index (χ3n) is 3.74. The first-order valence-electron chi connectivity index (χ1n) is 6.28. The zero-order valence-electron chi connectivity index (χ0n) is 11.2. The molecule has 1 fully saturated rings. The zero-order valence-corrected chi connectivity index (χ0v) is 14.3. The Morgan fingerprint density at radius 3 is 2.45 bits per heavy atom. The van der Waals surface area contributed by atoms with Crippen molar-refractivity contribution in [3.8, 4) is 0 Å². The quantitative estimate of drug-likeness (QED) is 0.748. The lowest BCUT2D eigenvalue weighted by Gasteiger charge is -2.19. The molecule has 0 saturated heterocycles. The van der Waals surface area contributed by atoms with Gasteiger partial charge in [-0.15, -0.1) is 11.6 Å². The average molecular weight is 357 g/mol. The summed E-state index contributed by atoms with van der Waals surface area (Å²) in [6, 6.07) is 2.95. The van der Waals surface area contributed by atoms with Gasteiger partial charge in [-0.2, -0.15) is 0 Å². The highest BCUT2D eigenvalue weighted by Crippen LogP contribution is 2.39. The first-order chi connectivity index (χ1) is 9.28. The van der Waals surface area contributed by atoms with Gasteiger partial charge in [0.05, 0.1) is 10.9 Å². The lowest BCUT2D eigenvalue weighted by molar-refractivity contribution is 0.444. The van der Waals surface area contributed by atoms with Crippen molar-refractivity contribution in [2.75, 3.05) is 13.6 Å². The van der Waals surface area contributed by atoms with Crippen LogP contribution in [0.4, 0.5) is 0 Å². The second-order valence-corrected chi connectivity index (χ2v) is 8.30. The van der Waals surface area contributed by atoms with E-state index in [0.717, 1.165) is 6.42 Å². The van der Waals surface area contributed by atoms with Crippen LogP contribution in [0, 0.1) is 11.8 Å². The number of rotatable bonds is 5. The van der Waals surface area contributed by atoms with Crippen molar-refractivity contribution >= 4 is 44.8 Å². The number of alkyl halides is 1. The number of halogens is 3. The Hall–Kier alpha value is -0.000000000000000167. The van der Waals surface area contributed by atoms with Crippen molar-refractivity contribution in [3.05, 3.63) is 27.7 Å². The highest BCUT2D eigenvalue weighted by Gasteiger charge is 2.36. The Balaban J connectivity index is 2.34. The van der Waals surface area contributed by atoms with Gasteiger partial charge in [-0.25, -0.2) is 12.7 Å². The monoisotopic (exact) mass is 355 g/mol. The molecule has 0 aliphatic heterocycles. The van der Waals surface area contributed by atoms with E-state index in [0.29, 0.717) is 29.0 Å².